The van der Waals surface area contributed by atoms with E-state index in [2.05, 4.69) is 4.98 Å². The summed E-state index contributed by atoms with van der Waals surface area (Å²) in [5, 5.41) is 10.8. The third-order valence-electron chi connectivity index (χ3n) is 3.86. The van der Waals surface area contributed by atoms with Crippen LogP contribution in [0.3, 0.4) is 0 Å². The minimum Gasteiger partial charge on any atom is -0.459 e. The number of nitro benzene ring substituents is 1. The van der Waals surface area contributed by atoms with Crippen molar-refractivity contribution >= 4 is 22.7 Å². The second-order valence-corrected chi connectivity index (χ2v) is 5.54. The molecule has 3 aromatic rings. The lowest BCUT2D eigenvalue weighted by atomic mass is 10.2. The number of para-hydroxylation sites is 2. The van der Waals surface area contributed by atoms with E-state index < -0.39 is 10.9 Å². The zero-order chi connectivity index (χ0) is 17.8. The van der Waals surface area contributed by atoms with Gasteiger partial charge in [0.15, 0.2) is 0 Å². The van der Waals surface area contributed by atoms with Crippen molar-refractivity contribution in [3.63, 3.8) is 0 Å². The number of carbonyl (C=O) groups is 1. The van der Waals surface area contributed by atoms with Gasteiger partial charge in [-0.3, -0.25) is 14.9 Å². The van der Waals surface area contributed by atoms with E-state index in [-0.39, 0.29) is 18.8 Å². The molecular formula is C18H17N3O4. The Morgan fingerprint density at radius 1 is 1.24 bits per heavy atom. The molecule has 1 aromatic heterocycles. The molecule has 1 heterocycles. The van der Waals surface area contributed by atoms with Crippen LogP contribution >= 0.6 is 0 Å². The van der Waals surface area contributed by atoms with Gasteiger partial charge in [-0.1, -0.05) is 31.2 Å². The number of benzene rings is 2. The van der Waals surface area contributed by atoms with Gasteiger partial charge in [-0.05, 0) is 17.7 Å². The van der Waals surface area contributed by atoms with Gasteiger partial charge in [0.25, 0.3) is 5.69 Å². The quantitative estimate of drug-likeness (QED) is 0.391. The summed E-state index contributed by atoms with van der Waals surface area (Å²) < 4.78 is 7.11. The zero-order valence-electron chi connectivity index (χ0n) is 13.7. The topological polar surface area (TPSA) is 87.3 Å². The maximum atomic E-state index is 12.2. The summed E-state index contributed by atoms with van der Waals surface area (Å²) in [6, 6.07) is 13.7. The van der Waals surface area contributed by atoms with E-state index in [1.165, 1.54) is 12.1 Å². The molecule has 0 amide bonds. The molecule has 0 saturated carbocycles. The smallest absolute Gasteiger partial charge is 0.326 e. The van der Waals surface area contributed by atoms with Crippen molar-refractivity contribution in [1.82, 2.24) is 9.55 Å². The van der Waals surface area contributed by atoms with E-state index in [0.717, 1.165) is 16.9 Å². The van der Waals surface area contributed by atoms with E-state index in [1.807, 2.05) is 35.8 Å². The first kappa shape index (κ1) is 16.6. The molecule has 128 valence electrons. The number of non-ortho nitro benzene ring substituents is 1. The summed E-state index contributed by atoms with van der Waals surface area (Å²) in [7, 11) is 0. The second kappa shape index (κ2) is 7.12. The van der Waals surface area contributed by atoms with Gasteiger partial charge in [-0.2, -0.15) is 0 Å². The average molecular weight is 339 g/mol. The number of hydrogen-bond donors (Lipinski definition) is 0. The third-order valence-corrected chi connectivity index (χ3v) is 3.86. The minimum atomic E-state index is -0.476. The molecule has 7 heteroatoms. The van der Waals surface area contributed by atoms with Gasteiger partial charge in [-0.25, -0.2) is 4.98 Å². The van der Waals surface area contributed by atoms with Crippen LogP contribution in [0.1, 0.15) is 18.3 Å². The van der Waals surface area contributed by atoms with Gasteiger partial charge in [0, 0.05) is 18.6 Å². The van der Waals surface area contributed by atoms with Gasteiger partial charge >= 0.3 is 5.97 Å². The molecule has 2 aromatic carbocycles. The van der Waals surface area contributed by atoms with E-state index in [0.29, 0.717) is 12.0 Å². The normalized spacial score (nSPS) is 10.8. The highest BCUT2D eigenvalue weighted by atomic mass is 16.6. The predicted molar refractivity (Wildman–Crippen MR) is 92.0 cm³/mol. The van der Waals surface area contributed by atoms with Crippen molar-refractivity contribution in [2.45, 2.75) is 26.5 Å². The number of rotatable bonds is 6. The average Bonchev–Trinajstić information content (AvgIpc) is 2.98. The summed E-state index contributed by atoms with van der Waals surface area (Å²) in [6.07, 6.45) is 0.701. The highest BCUT2D eigenvalue weighted by Gasteiger charge is 2.14. The van der Waals surface area contributed by atoms with Crippen LogP contribution < -0.4 is 0 Å². The Kier molecular flexibility index (Phi) is 4.74. The number of fused-ring (bicyclic) bond motifs is 1. The molecule has 0 spiro atoms. The molecule has 3 rings (SSSR count). The lowest BCUT2D eigenvalue weighted by Gasteiger charge is -2.09. The maximum absolute atomic E-state index is 12.2. The van der Waals surface area contributed by atoms with Crippen molar-refractivity contribution < 1.29 is 14.5 Å². The number of imidazole rings is 1. The Balaban J connectivity index is 1.71. The van der Waals surface area contributed by atoms with Crippen LogP contribution in [-0.4, -0.2) is 20.4 Å². The van der Waals surface area contributed by atoms with Crippen LogP contribution in [0.5, 0.6) is 0 Å². The Bertz CT molecular complexity index is 933. The molecule has 7 nitrogen and oxygen atoms in total. The number of carbonyl (C=O) groups excluding carboxylic acids is 1. The van der Waals surface area contributed by atoms with Crippen molar-refractivity contribution in [1.29, 1.82) is 0 Å². The molecule has 0 unspecified atom stereocenters. The van der Waals surface area contributed by atoms with Crippen molar-refractivity contribution in [2.75, 3.05) is 0 Å². The molecule has 0 saturated heterocycles. The van der Waals surface area contributed by atoms with Crippen molar-refractivity contribution in [3.05, 3.63) is 70.0 Å². The standard InChI is InChI=1S/C18H17N3O4/c1-2-17-19-15-8-3-4-9-16(15)20(17)11-18(22)25-12-13-6-5-7-14(10-13)21(23)24/h3-10H,2,11-12H2,1H3. The molecular weight excluding hydrogens is 322 g/mol. The van der Waals surface area contributed by atoms with Gasteiger partial charge < -0.3 is 9.30 Å². The second-order valence-electron chi connectivity index (χ2n) is 5.54. The fourth-order valence-electron chi connectivity index (χ4n) is 2.67. The van der Waals surface area contributed by atoms with Crippen LogP contribution in [0.2, 0.25) is 0 Å². The van der Waals surface area contributed by atoms with Gasteiger partial charge in [0.1, 0.15) is 19.0 Å². The SMILES string of the molecule is CCc1nc2ccccc2n1CC(=O)OCc1cccc([N+](=O)[O-])c1. The summed E-state index contributed by atoms with van der Waals surface area (Å²) in [5.74, 6) is 0.401. The van der Waals surface area contributed by atoms with Crippen molar-refractivity contribution in [3.8, 4) is 0 Å². The van der Waals surface area contributed by atoms with E-state index >= 15 is 0 Å². The number of nitro groups is 1. The van der Waals surface area contributed by atoms with Gasteiger partial charge in [0.05, 0.1) is 16.0 Å². The number of nitrogens with zero attached hydrogens (tertiary/aromatic N) is 3. The number of hydrogen-bond acceptors (Lipinski definition) is 5. The number of esters is 1. The lowest BCUT2D eigenvalue weighted by Crippen LogP contribution is -2.15. The highest BCUT2D eigenvalue weighted by molar-refractivity contribution is 5.78. The summed E-state index contributed by atoms with van der Waals surface area (Å²) >= 11 is 0. The Morgan fingerprint density at radius 2 is 2.04 bits per heavy atom. The molecule has 0 aliphatic rings. The van der Waals surface area contributed by atoms with Crippen LogP contribution in [0.15, 0.2) is 48.5 Å². The fourth-order valence-corrected chi connectivity index (χ4v) is 2.67. The van der Waals surface area contributed by atoms with E-state index in [4.69, 9.17) is 4.74 Å². The molecule has 0 aliphatic heterocycles. The lowest BCUT2D eigenvalue weighted by molar-refractivity contribution is -0.384. The van der Waals surface area contributed by atoms with Gasteiger partial charge in [0.2, 0.25) is 0 Å². The molecule has 25 heavy (non-hydrogen) atoms. The molecule has 0 aliphatic carbocycles. The monoisotopic (exact) mass is 339 g/mol. The first-order valence-electron chi connectivity index (χ1n) is 7.91. The maximum Gasteiger partial charge on any atom is 0.326 e. The highest BCUT2D eigenvalue weighted by Crippen LogP contribution is 2.17. The van der Waals surface area contributed by atoms with Crippen LogP contribution in [0, 0.1) is 10.1 Å². The van der Waals surface area contributed by atoms with Gasteiger partial charge in [-0.15, -0.1) is 0 Å². The van der Waals surface area contributed by atoms with Crippen LogP contribution in [-0.2, 0) is 29.1 Å². The summed E-state index contributed by atoms with van der Waals surface area (Å²) in [4.78, 5) is 27.0. The minimum absolute atomic E-state index is 0.00536. The van der Waals surface area contributed by atoms with E-state index in [1.54, 1.807) is 12.1 Å². The molecule has 0 fully saturated rings. The molecule has 0 radical (unpaired) electrons. The molecule has 0 atom stereocenters. The van der Waals surface area contributed by atoms with Crippen LogP contribution in [0.25, 0.3) is 11.0 Å². The Labute approximate surface area is 144 Å². The third kappa shape index (κ3) is 3.65. The van der Waals surface area contributed by atoms with Crippen molar-refractivity contribution in [2.24, 2.45) is 0 Å². The Morgan fingerprint density at radius 3 is 2.80 bits per heavy atom. The predicted octanol–water partition coefficient (Wildman–Crippen LogP) is 3.25. The summed E-state index contributed by atoms with van der Waals surface area (Å²) in [5.41, 5.74) is 2.27. The zero-order valence-corrected chi connectivity index (χ0v) is 13.7. The molecule has 0 bridgehead atoms. The number of aryl methyl sites for hydroxylation is 1. The number of ether oxygens (including phenoxy) is 1. The summed E-state index contributed by atoms with van der Waals surface area (Å²) in [6.45, 7) is 2.03. The molecule has 0 N–H and O–H groups in total. The number of aromatic nitrogens is 2. The first-order chi connectivity index (χ1) is 12.1. The van der Waals surface area contributed by atoms with Crippen LogP contribution in [0.4, 0.5) is 5.69 Å². The largest absolute Gasteiger partial charge is 0.459 e. The van der Waals surface area contributed by atoms with E-state index in [9.17, 15) is 14.9 Å². The fraction of sp³-hybridized carbons (Fsp3) is 0.222. The first-order valence-corrected chi connectivity index (χ1v) is 7.91. The Hall–Kier alpha value is -3.22.